The summed E-state index contributed by atoms with van der Waals surface area (Å²) in [6.45, 7) is 5.48. The van der Waals surface area contributed by atoms with Crippen molar-refractivity contribution in [2.45, 2.75) is 32.4 Å². The zero-order valence-electron chi connectivity index (χ0n) is 19.4. The van der Waals surface area contributed by atoms with Gasteiger partial charge in [-0.3, -0.25) is 14.5 Å². The number of hydrogen-bond acceptors (Lipinski definition) is 6. The van der Waals surface area contributed by atoms with Gasteiger partial charge in [-0.1, -0.05) is 6.07 Å². The fourth-order valence-electron chi connectivity index (χ4n) is 3.46. The summed E-state index contributed by atoms with van der Waals surface area (Å²) in [6.07, 6.45) is 0. The van der Waals surface area contributed by atoms with Crippen LogP contribution in [-0.2, 0) is 4.79 Å². The average molecular weight is 465 g/mol. The molecule has 0 saturated heterocycles. The third-order valence-electron chi connectivity index (χ3n) is 4.99. The first-order valence-electron chi connectivity index (χ1n) is 10.6. The second kappa shape index (κ2) is 9.74. The Morgan fingerprint density at radius 3 is 1.97 bits per heavy atom. The predicted octanol–water partition coefficient (Wildman–Crippen LogP) is 4.11. The number of carbonyl (C=O) groups excluding carboxylic acids is 2. The summed E-state index contributed by atoms with van der Waals surface area (Å²) >= 11 is 0. The first-order chi connectivity index (χ1) is 16.0. The van der Waals surface area contributed by atoms with Gasteiger partial charge in [0.25, 0.3) is 5.91 Å². The van der Waals surface area contributed by atoms with E-state index < -0.39 is 23.4 Å². The predicted molar refractivity (Wildman–Crippen MR) is 128 cm³/mol. The number of nitrogens with zero attached hydrogens (tertiary/aromatic N) is 1. The van der Waals surface area contributed by atoms with E-state index in [0.717, 1.165) is 0 Å². The van der Waals surface area contributed by atoms with Crippen LogP contribution in [0.1, 0.15) is 42.7 Å². The molecule has 1 unspecified atom stereocenters. The average Bonchev–Trinajstić information content (AvgIpc) is 2.77. The van der Waals surface area contributed by atoms with Gasteiger partial charge in [0.05, 0.1) is 7.11 Å². The Balaban J connectivity index is 2.23. The molecule has 0 radical (unpaired) electrons. The van der Waals surface area contributed by atoms with E-state index >= 15 is 0 Å². The van der Waals surface area contributed by atoms with Crippen LogP contribution in [-0.4, -0.2) is 39.8 Å². The van der Waals surface area contributed by atoms with Crippen LogP contribution in [0.5, 0.6) is 23.0 Å². The Kier molecular flexibility index (Phi) is 7.00. The third kappa shape index (κ3) is 5.58. The van der Waals surface area contributed by atoms with E-state index in [1.165, 1.54) is 72.7 Å². The van der Waals surface area contributed by atoms with Gasteiger partial charge in [0.2, 0.25) is 5.91 Å². The highest BCUT2D eigenvalue weighted by Crippen LogP contribution is 2.35. The number of methoxy groups -OCH3 is 1. The molecule has 8 heteroatoms. The molecule has 4 N–H and O–H groups in total. The highest BCUT2D eigenvalue weighted by molar-refractivity contribution is 6.10. The summed E-state index contributed by atoms with van der Waals surface area (Å²) in [4.78, 5) is 28.7. The molecule has 0 aliphatic heterocycles. The van der Waals surface area contributed by atoms with Crippen molar-refractivity contribution in [3.05, 3.63) is 77.9 Å². The molecule has 178 valence electrons. The topological polar surface area (TPSA) is 119 Å². The quantitative estimate of drug-likeness (QED) is 0.436. The zero-order chi connectivity index (χ0) is 25.0. The van der Waals surface area contributed by atoms with Crippen molar-refractivity contribution in [3.8, 4) is 23.0 Å². The fraction of sp³-hybridized carbons (Fsp3) is 0.231. The number of aromatic hydroxyl groups is 3. The van der Waals surface area contributed by atoms with Crippen molar-refractivity contribution in [2.75, 3.05) is 12.0 Å². The lowest BCUT2D eigenvalue weighted by Gasteiger charge is -2.34. The molecule has 3 rings (SSSR count). The lowest BCUT2D eigenvalue weighted by molar-refractivity contribution is -0.123. The van der Waals surface area contributed by atoms with Crippen LogP contribution in [0, 0.1) is 0 Å². The maximum absolute atomic E-state index is 13.8. The monoisotopic (exact) mass is 464 g/mol. The van der Waals surface area contributed by atoms with Crippen molar-refractivity contribution in [1.82, 2.24) is 5.32 Å². The molecule has 0 aromatic heterocycles. The van der Waals surface area contributed by atoms with Crippen LogP contribution in [0.2, 0.25) is 0 Å². The van der Waals surface area contributed by atoms with Crippen LogP contribution < -0.4 is 15.0 Å². The molecule has 1 atom stereocenters. The van der Waals surface area contributed by atoms with Crippen molar-refractivity contribution >= 4 is 17.5 Å². The van der Waals surface area contributed by atoms with E-state index in [2.05, 4.69) is 5.32 Å². The smallest absolute Gasteiger partial charge is 0.259 e. The van der Waals surface area contributed by atoms with Gasteiger partial charge in [0, 0.05) is 16.8 Å². The van der Waals surface area contributed by atoms with Crippen LogP contribution in [0.15, 0.2) is 66.7 Å². The number of benzene rings is 3. The van der Waals surface area contributed by atoms with E-state index in [-0.39, 0.29) is 28.6 Å². The van der Waals surface area contributed by atoms with Gasteiger partial charge in [-0.25, -0.2) is 0 Å². The normalized spacial score (nSPS) is 12.0. The van der Waals surface area contributed by atoms with Gasteiger partial charge >= 0.3 is 0 Å². The molecule has 0 spiro atoms. The highest BCUT2D eigenvalue weighted by atomic mass is 16.5. The number of ether oxygens (including phenoxy) is 1. The van der Waals surface area contributed by atoms with Gasteiger partial charge in [0.15, 0.2) is 11.5 Å². The molecule has 0 fully saturated rings. The van der Waals surface area contributed by atoms with Gasteiger partial charge in [-0.2, -0.15) is 0 Å². The number of rotatable bonds is 6. The molecule has 0 heterocycles. The van der Waals surface area contributed by atoms with Gasteiger partial charge in [0.1, 0.15) is 17.5 Å². The zero-order valence-corrected chi connectivity index (χ0v) is 19.4. The maximum atomic E-state index is 13.8. The van der Waals surface area contributed by atoms with Crippen LogP contribution in [0.4, 0.5) is 5.69 Å². The summed E-state index contributed by atoms with van der Waals surface area (Å²) < 4.78 is 5.23. The molecule has 8 nitrogen and oxygen atoms in total. The largest absolute Gasteiger partial charge is 0.508 e. The molecule has 0 aliphatic rings. The van der Waals surface area contributed by atoms with E-state index in [9.17, 15) is 24.9 Å². The first kappa shape index (κ1) is 24.4. The summed E-state index contributed by atoms with van der Waals surface area (Å²) in [5.41, 5.74) is 0.400. The minimum absolute atomic E-state index is 0.00182. The fourth-order valence-corrected chi connectivity index (χ4v) is 3.46. The molecular formula is C26H28N2O6. The lowest BCUT2D eigenvalue weighted by atomic mass is 9.99. The Morgan fingerprint density at radius 2 is 1.44 bits per heavy atom. The number of anilines is 1. The number of amides is 2. The molecule has 3 aromatic rings. The van der Waals surface area contributed by atoms with Gasteiger partial charge < -0.3 is 25.4 Å². The number of carbonyl (C=O) groups is 2. The van der Waals surface area contributed by atoms with Crippen molar-refractivity contribution < 1.29 is 29.6 Å². The van der Waals surface area contributed by atoms with E-state index in [4.69, 9.17) is 4.74 Å². The highest BCUT2D eigenvalue weighted by Gasteiger charge is 2.35. The molecule has 2 amide bonds. The molecule has 0 aliphatic carbocycles. The molecule has 0 bridgehead atoms. The minimum Gasteiger partial charge on any atom is -0.508 e. The molecule has 0 saturated carbocycles. The van der Waals surface area contributed by atoms with Crippen molar-refractivity contribution in [2.24, 2.45) is 0 Å². The molecule has 34 heavy (non-hydrogen) atoms. The minimum atomic E-state index is -1.15. The van der Waals surface area contributed by atoms with E-state index in [0.29, 0.717) is 11.3 Å². The van der Waals surface area contributed by atoms with Crippen molar-refractivity contribution in [1.29, 1.82) is 0 Å². The standard InChI is InChI=1S/C26H28N2O6/c1-26(2,3)27-24(32)23(17-7-14-21(31)22(15-17)34-4)28(18-8-12-20(30)13-9-18)25(33)16-5-10-19(29)11-6-16/h5-15,23,29-31H,1-4H3,(H,27,32). The second-order valence-electron chi connectivity index (χ2n) is 8.81. The van der Waals surface area contributed by atoms with E-state index in [1.54, 1.807) is 6.07 Å². The first-order valence-corrected chi connectivity index (χ1v) is 10.6. The van der Waals surface area contributed by atoms with Crippen LogP contribution >= 0.6 is 0 Å². The third-order valence-corrected chi connectivity index (χ3v) is 4.99. The van der Waals surface area contributed by atoms with Crippen LogP contribution in [0.25, 0.3) is 0 Å². The Morgan fingerprint density at radius 1 is 0.882 bits per heavy atom. The Labute approximate surface area is 198 Å². The summed E-state index contributed by atoms with van der Waals surface area (Å²) in [5, 5.41) is 32.4. The molecular weight excluding hydrogens is 436 g/mol. The maximum Gasteiger partial charge on any atom is 0.259 e. The summed E-state index contributed by atoms with van der Waals surface area (Å²) in [6, 6.07) is 14.9. The van der Waals surface area contributed by atoms with Gasteiger partial charge in [-0.15, -0.1) is 0 Å². The van der Waals surface area contributed by atoms with Crippen LogP contribution in [0.3, 0.4) is 0 Å². The summed E-state index contributed by atoms with van der Waals surface area (Å²) in [5.74, 6) is -0.927. The van der Waals surface area contributed by atoms with Crippen molar-refractivity contribution in [3.63, 3.8) is 0 Å². The number of hydrogen-bond donors (Lipinski definition) is 4. The molecule has 3 aromatic carbocycles. The Bertz CT molecular complexity index is 1170. The van der Waals surface area contributed by atoms with Gasteiger partial charge in [-0.05, 0) is 87.0 Å². The lowest BCUT2D eigenvalue weighted by Crippen LogP contribution is -2.49. The number of nitrogens with one attached hydrogen (secondary N) is 1. The number of phenols is 3. The summed E-state index contributed by atoms with van der Waals surface area (Å²) in [7, 11) is 1.39. The number of phenolic OH excluding ortho intramolecular Hbond substituents is 3. The second-order valence-corrected chi connectivity index (χ2v) is 8.81. The SMILES string of the molecule is COc1cc(C(C(=O)NC(C)(C)C)N(C(=O)c2ccc(O)cc2)c2ccc(O)cc2)ccc1O. The van der Waals surface area contributed by atoms with E-state index in [1.807, 2.05) is 20.8 Å². The Hall–Kier alpha value is -4.20.